The Labute approximate surface area is 132 Å². The Morgan fingerprint density at radius 2 is 1.76 bits per heavy atom. The van der Waals surface area contributed by atoms with Gasteiger partial charge in [0.1, 0.15) is 0 Å². The number of thiocarbonyl (C=S) groups is 1. The van der Waals surface area contributed by atoms with E-state index in [0.29, 0.717) is 5.11 Å². The van der Waals surface area contributed by atoms with E-state index >= 15 is 0 Å². The fourth-order valence-corrected chi connectivity index (χ4v) is 2.45. The Balaban J connectivity index is 1.85. The molecule has 0 heterocycles. The van der Waals surface area contributed by atoms with Gasteiger partial charge in [0.25, 0.3) is 0 Å². The van der Waals surface area contributed by atoms with Crippen molar-refractivity contribution >= 4 is 23.0 Å². The van der Waals surface area contributed by atoms with Crippen LogP contribution >= 0.6 is 12.2 Å². The summed E-state index contributed by atoms with van der Waals surface area (Å²) >= 11 is 5.36. The van der Waals surface area contributed by atoms with Crippen molar-refractivity contribution in [2.24, 2.45) is 0 Å². The van der Waals surface area contributed by atoms with Crippen molar-refractivity contribution in [1.82, 2.24) is 5.32 Å². The van der Waals surface area contributed by atoms with Gasteiger partial charge in [0.2, 0.25) is 0 Å². The molecule has 2 aromatic carbocycles. The molecule has 21 heavy (non-hydrogen) atoms. The molecule has 3 heteroatoms. The molecule has 0 bridgehead atoms. The minimum atomic E-state index is 0.678. The van der Waals surface area contributed by atoms with Crippen molar-refractivity contribution in [2.75, 3.05) is 11.9 Å². The monoisotopic (exact) mass is 298 g/mol. The smallest absolute Gasteiger partial charge is 0.170 e. The quantitative estimate of drug-likeness (QED) is 0.830. The molecule has 0 aliphatic heterocycles. The summed E-state index contributed by atoms with van der Waals surface area (Å²) < 4.78 is 0. The highest BCUT2D eigenvalue weighted by atomic mass is 32.1. The highest BCUT2D eigenvalue weighted by molar-refractivity contribution is 7.80. The molecule has 0 amide bonds. The van der Waals surface area contributed by atoms with Crippen LogP contribution in [0.4, 0.5) is 5.69 Å². The maximum Gasteiger partial charge on any atom is 0.170 e. The summed E-state index contributed by atoms with van der Waals surface area (Å²) in [6.07, 6.45) is 0.974. The van der Waals surface area contributed by atoms with Crippen LogP contribution in [-0.4, -0.2) is 11.7 Å². The molecule has 0 aliphatic rings. The van der Waals surface area contributed by atoms with Gasteiger partial charge in [-0.3, -0.25) is 0 Å². The third-order valence-electron chi connectivity index (χ3n) is 3.58. The van der Waals surface area contributed by atoms with E-state index < -0.39 is 0 Å². The number of anilines is 1. The van der Waals surface area contributed by atoms with E-state index in [1.54, 1.807) is 0 Å². The normalized spacial score (nSPS) is 10.2. The minimum absolute atomic E-state index is 0.678. The molecular formula is C18H22N2S. The highest BCUT2D eigenvalue weighted by Crippen LogP contribution is 2.16. The van der Waals surface area contributed by atoms with E-state index in [9.17, 15) is 0 Å². The van der Waals surface area contributed by atoms with Crippen LogP contribution in [0.15, 0.2) is 42.5 Å². The summed E-state index contributed by atoms with van der Waals surface area (Å²) in [7, 11) is 0. The number of hydrogen-bond donors (Lipinski definition) is 2. The first kappa shape index (κ1) is 15.5. The molecule has 0 fully saturated rings. The van der Waals surface area contributed by atoms with E-state index in [2.05, 4.69) is 73.9 Å². The summed E-state index contributed by atoms with van der Waals surface area (Å²) in [4.78, 5) is 0. The average Bonchev–Trinajstić information content (AvgIpc) is 2.45. The molecule has 0 saturated heterocycles. The van der Waals surface area contributed by atoms with Gasteiger partial charge in [0.05, 0.1) is 0 Å². The lowest BCUT2D eigenvalue weighted by atomic mass is 10.1. The largest absolute Gasteiger partial charge is 0.362 e. The van der Waals surface area contributed by atoms with Gasteiger partial charge in [-0.25, -0.2) is 0 Å². The summed E-state index contributed by atoms with van der Waals surface area (Å²) in [6.45, 7) is 7.14. The molecule has 0 unspecified atom stereocenters. The average molecular weight is 298 g/mol. The second-order valence-electron chi connectivity index (χ2n) is 5.38. The minimum Gasteiger partial charge on any atom is -0.362 e. The Bertz CT molecular complexity index is 635. The standard InChI is InChI=1S/C18H22N2S/c1-13-8-9-15(3)17(12-13)20-18(21)19-11-10-16-7-5-4-6-14(16)2/h4-9,12H,10-11H2,1-3H3,(H2,19,20,21). The van der Waals surface area contributed by atoms with Crippen LogP contribution in [0.5, 0.6) is 0 Å². The Kier molecular flexibility index (Phi) is 5.34. The van der Waals surface area contributed by atoms with Crippen molar-refractivity contribution in [3.8, 4) is 0 Å². The lowest BCUT2D eigenvalue weighted by Gasteiger charge is -2.13. The second-order valence-corrected chi connectivity index (χ2v) is 5.78. The van der Waals surface area contributed by atoms with Gasteiger partial charge in [-0.2, -0.15) is 0 Å². The van der Waals surface area contributed by atoms with Crippen LogP contribution in [0.2, 0.25) is 0 Å². The third-order valence-corrected chi connectivity index (χ3v) is 3.83. The molecule has 0 radical (unpaired) electrons. The molecule has 0 saturated carbocycles. The van der Waals surface area contributed by atoms with E-state index in [-0.39, 0.29) is 0 Å². The number of hydrogen-bond acceptors (Lipinski definition) is 1. The van der Waals surface area contributed by atoms with Gasteiger partial charge >= 0.3 is 0 Å². The van der Waals surface area contributed by atoms with Gasteiger partial charge in [0, 0.05) is 12.2 Å². The lowest BCUT2D eigenvalue weighted by Crippen LogP contribution is -2.30. The van der Waals surface area contributed by atoms with Gasteiger partial charge in [0.15, 0.2) is 5.11 Å². The van der Waals surface area contributed by atoms with Crippen LogP contribution in [0, 0.1) is 20.8 Å². The number of benzene rings is 2. The van der Waals surface area contributed by atoms with Crippen molar-refractivity contribution < 1.29 is 0 Å². The van der Waals surface area contributed by atoms with E-state index in [0.717, 1.165) is 18.7 Å². The van der Waals surface area contributed by atoms with Crippen LogP contribution < -0.4 is 10.6 Å². The highest BCUT2D eigenvalue weighted by Gasteiger charge is 2.02. The molecule has 2 rings (SSSR count). The fraction of sp³-hybridized carbons (Fsp3) is 0.278. The molecule has 2 N–H and O–H groups in total. The topological polar surface area (TPSA) is 24.1 Å². The number of aryl methyl sites for hydroxylation is 3. The predicted molar refractivity (Wildman–Crippen MR) is 95.0 cm³/mol. The predicted octanol–water partition coefficient (Wildman–Crippen LogP) is 4.14. The summed E-state index contributed by atoms with van der Waals surface area (Å²) in [5, 5.41) is 7.22. The van der Waals surface area contributed by atoms with Crippen LogP contribution in [-0.2, 0) is 6.42 Å². The molecule has 0 spiro atoms. The summed E-state index contributed by atoms with van der Waals surface area (Å²) in [5.41, 5.74) is 6.19. The maximum atomic E-state index is 5.36. The molecule has 0 aliphatic carbocycles. The molecule has 0 aromatic heterocycles. The first-order chi connectivity index (χ1) is 10.1. The van der Waals surface area contributed by atoms with Crippen LogP contribution in [0.25, 0.3) is 0 Å². The number of rotatable bonds is 4. The zero-order valence-electron chi connectivity index (χ0n) is 12.9. The Morgan fingerprint density at radius 3 is 2.52 bits per heavy atom. The number of nitrogens with one attached hydrogen (secondary N) is 2. The lowest BCUT2D eigenvalue weighted by molar-refractivity contribution is 0.867. The molecule has 2 aromatic rings. The van der Waals surface area contributed by atoms with Crippen molar-refractivity contribution in [3.63, 3.8) is 0 Å². The molecular weight excluding hydrogens is 276 g/mol. The van der Waals surface area contributed by atoms with Gasteiger partial charge in [-0.05, 0) is 67.7 Å². The Morgan fingerprint density at radius 1 is 1.00 bits per heavy atom. The SMILES string of the molecule is Cc1ccc(C)c(NC(=S)NCCc2ccccc2C)c1. The molecule has 0 atom stereocenters. The van der Waals surface area contributed by atoms with Gasteiger partial charge in [-0.1, -0.05) is 36.4 Å². The fourth-order valence-electron chi connectivity index (χ4n) is 2.24. The van der Waals surface area contributed by atoms with Crippen molar-refractivity contribution in [1.29, 1.82) is 0 Å². The van der Waals surface area contributed by atoms with Crippen molar-refractivity contribution in [2.45, 2.75) is 27.2 Å². The Hall–Kier alpha value is -1.87. The van der Waals surface area contributed by atoms with Crippen molar-refractivity contribution in [3.05, 3.63) is 64.7 Å². The first-order valence-electron chi connectivity index (χ1n) is 7.23. The molecule has 2 nitrogen and oxygen atoms in total. The van der Waals surface area contributed by atoms with E-state index in [4.69, 9.17) is 12.2 Å². The van der Waals surface area contributed by atoms with Gasteiger partial charge in [-0.15, -0.1) is 0 Å². The second kappa shape index (κ2) is 7.23. The maximum absolute atomic E-state index is 5.36. The zero-order valence-corrected chi connectivity index (χ0v) is 13.7. The van der Waals surface area contributed by atoms with E-state index in [1.165, 1.54) is 22.3 Å². The van der Waals surface area contributed by atoms with Gasteiger partial charge < -0.3 is 10.6 Å². The van der Waals surface area contributed by atoms with Crippen LogP contribution in [0.3, 0.4) is 0 Å². The van der Waals surface area contributed by atoms with E-state index in [1.807, 2.05) is 0 Å². The first-order valence-corrected chi connectivity index (χ1v) is 7.63. The van der Waals surface area contributed by atoms with Crippen LogP contribution in [0.1, 0.15) is 22.3 Å². The zero-order chi connectivity index (χ0) is 15.2. The summed E-state index contributed by atoms with van der Waals surface area (Å²) in [5.74, 6) is 0. The summed E-state index contributed by atoms with van der Waals surface area (Å²) in [6, 6.07) is 14.8. The molecule has 110 valence electrons. The third kappa shape index (κ3) is 4.57.